The first-order valence-corrected chi connectivity index (χ1v) is 8.13. The van der Waals surface area contributed by atoms with Crippen LogP contribution < -0.4 is 0 Å². The van der Waals surface area contributed by atoms with Gasteiger partial charge in [0.25, 0.3) is 0 Å². The van der Waals surface area contributed by atoms with Gasteiger partial charge in [0.2, 0.25) is 0 Å². The van der Waals surface area contributed by atoms with Gasteiger partial charge in [0, 0.05) is 19.7 Å². The number of ether oxygens (including phenoxy) is 1. The zero-order valence-electron chi connectivity index (χ0n) is 12.9. The van der Waals surface area contributed by atoms with Crippen molar-refractivity contribution in [3.05, 3.63) is 0 Å². The molecule has 1 aliphatic heterocycles. The van der Waals surface area contributed by atoms with Crippen molar-refractivity contribution < 1.29 is 14.6 Å². The van der Waals surface area contributed by atoms with Crippen LogP contribution in [0.2, 0.25) is 0 Å². The maximum Gasteiger partial charge on any atom is 0.310 e. The molecule has 1 aliphatic carbocycles. The number of likely N-dealkylation sites (N-methyl/N-ethyl adjacent to an activating group) is 1. The number of aliphatic carboxylic acids is 1. The average molecular weight is 283 g/mol. The van der Waals surface area contributed by atoms with Gasteiger partial charge in [-0.15, -0.1) is 0 Å². The predicted octanol–water partition coefficient (Wildman–Crippen LogP) is 2.77. The standard InChI is InChI=1S/C16H29NO3/c1-3-17(11-14-7-5-9-20-14)12-16(15(18)19)8-4-6-13(2)10-16/h13-14H,3-12H2,1-2H3,(H,18,19). The minimum atomic E-state index is -0.602. The van der Waals surface area contributed by atoms with E-state index in [-0.39, 0.29) is 0 Å². The van der Waals surface area contributed by atoms with E-state index >= 15 is 0 Å². The van der Waals surface area contributed by atoms with E-state index in [0.717, 1.165) is 51.8 Å². The van der Waals surface area contributed by atoms with Crippen LogP contribution in [0.4, 0.5) is 0 Å². The van der Waals surface area contributed by atoms with Crippen molar-refractivity contribution in [2.75, 3.05) is 26.2 Å². The lowest BCUT2D eigenvalue weighted by Crippen LogP contribution is -2.47. The quantitative estimate of drug-likeness (QED) is 0.814. The third-order valence-electron chi connectivity index (χ3n) is 5.00. The molecule has 1 saturated heterocycles. The molecule has 0 aromatic carbocycles. The van der Waals surface area contributed by atoms with Gasteiger partial charge in [-0.2, -0.15) is 0 Å². The molecule has 1 saturated carbocycles. The summed E-state index contributed by atoms with van der Waals surface area (Å²) in [6.45, 7) is 7.65. The summed E-state index contributed by atoms with van der Waals surface area (Å²) >= 11 is 0. The van der Waals surface area contributed by atoms with Crippen molar-refractivity contribution in [1.82, 2.24) is 4.90 Å². The van der Waals surface area contributed by atoms with Crippen molar-refractivity contribution >= 4 is 5.97 Å². The van der Waals surface area contributed by atoms with E-state index in [1.165, 1.54) is 6.42 Å². The first-order chi connectivity index (χ1) is 9.55. The number of carboxylic acids is 1. The average Bonchev–Trinajstić information content (AvgIpc) is 2.90. The first kappa shape index (κ1) is 15.8. The number of hydrogen-bond acceptors (Lipinski definition) is 3. The Bertz CT molecular complexity index is 328. The summed E-state index contributed by atoms with van der Waals surface area (Å²) in [5.41, 5.74) is -0.535. The zero-order valence-corrected chi connectivity index (χ0v) is 12.9. The second-order valence-corrected chi connectivity index (χ2v) is 6.75. The van der Waals surface area contributed by atoms with Crippen LogP contribution >= 0.6 is 0 Å². The fourth-order valence-electron chi connectivity index (χ4n) is 3.88. The Hall–Kier alpha value is -0.610. The van der Waals surface area contributed by atoms with Crippen LogP contribution in [-0.4, -0.2) is 48.3 Å². The molecule has 1 heterocycles. The van der Waals surface area contributed by atoms with Crippen LogP contribution in [0.3, 0.4) is 0 Å². The van der Waals surface area contributed by atoms with Crippen LogP contribution in [0.15, 0.2) is 0 Å². The molecule has 0 radical (unpaired) electrons. The molecular formula is C16H29NO3. The van der Waals surface area contributed by atoms with E-state index in [9.17, 15) is 9.90 Å². The Morgan fingerprint density at radius 2 is 2.20 bits per heavy atom. The topological polar surface area (TPSA) is 49.8 Å². The van der Waals surface area contributed by atoms with Crippen LogP contribution in [0, 0.1) is 11.3 Å². The first-order valence-electron chi connectivity index (χ1n) is 8.13. The van der Waals surface area contributed by atoms with Gasteiger partial charge in [-0.05, 0) is 38.1 Å². The molecular weight excluding hydrogens is 254 g/mol. The number of hydrogen-bond donors (Lipinski definition) is 1. The molecule has 4 nitrogen and oxygen atoms in total. The smallest absolute Gasteiger partial charge is 0.310 e. The molecule has 4 heteroatoms. The third-order valence-corrected chi connectivity index (χ3v) is 5.00. The number of carboxylic acid groups (broad SMARTS) is 1. The van der Waals surface area contributed by atoms with E-state index in [2.05, 4.69) is 18.7 Å². The molecule has 0 aromatic heterocycles. The Balaban J connectivity index is 1.99. The van der Waals surface area contributed by atoms with Crippen molar-refractivity contribution in [1.29, 1.82) is 0 Å². The fourth-order valence-corrected chi connectivity index (χ4v) is 3.88. The summed E-state index contributed by atoms with van der Waals surface area (Å²) < 4.78 is 5.70. The molecule has 20 heavy (non-hydrogen) atoms. The van der Waals surface area contributed by atoms with Crippen LogP contribution in [0.5, 0.6) is 0 Å². The molecule has 0 amide bonds. The van der Waals surface area contributed by atoms with Crippen molar-refractivity contribution in [3.63, 3.8) is 0 Å². The van der Waals surface area contributed by atoms with Gasteiger partial charge in [-0.3, -0.25) is 9.69 Å². The summed E-state index contributed by atoms with van der Waals surface area (Å²) in [5.74, 6) is -0.0730. The lowest BCUT2D eigenvalue weighted by molar-refractivity contribution is -0.154. The van der Waals surface area contributed by atoms with Gasteiger partial charge in [-0.1, -0.05) is 26.7 Å². The molecule has 116 valence electrons. The summed E-state index contributed by atoms with van der Waals surface area (Å²) in [7, 11) is 0. The Labute approximate surface area is 122 Å². The monoisotopic (exact) mass is 283 g/mol. The predicted molar refractivity (Wildman–Crippen MR) is 78.8 cm³/mol. The summed E-state index contributed by atoms with van der Waals surface area (Å²) in [6, 6.07) is 0. The molecule has 2 rings (SSSR count). The lowest BCUT2D eigenvalue weighted by Gasteiger charge is -2.40. The van der Waals surface area contributed by atoms with Crippen LogP contribution in [0.1, 0.15) is 52.4 Å². The largest absolute Gasteiger partial charge is 0.481 e. The van der Waals surface area contributed by atoms with Gasteiger partial charge in [0.1, 0.15) is 0 Å². The van der Waals surface area contributed by atoms with Gasteiger partial charge >= 0.3 is 5.97 Å². The van der Waals surface area contributed by atoms with Gasteiger partial charge in [0.15, 0.2) is 0 Å². The molecule has 1 N–H and O–H groups in total. The summed E-state index contributed by atoms with van der Waals surface area (Å²) in [6.07, 6.45) is 6.44. The van der Waals surface area contributed by atoms with Gasteiger partial charge in [0.05, 0.1) is 11.5 Å². The third kappa shape index (κ3) is 3.73. The zero-order chi connectivity index (χ0) is 14.6. The van der Waals surface area contributed by atoms with E-state index < -0.39 is 11.4 Å². The molecule has 2 aliphatic rings. The van der Waals surface area contributed by atoms with E-state index in [4.69, 9.17) is 4.74 Å². The van der Waals surface area contributed by atoms with Crippen LogP contribution in [-0.2, 0) is 9.53 Å². The molecule has 0 aromatic rings. The highest BCUT2D eigenvalue weighted by atomic mass is 16.5. The molecule has 3 atom stereocenters. The fraction of sp³-hybridized carbons (Fsp3) is 0.938. The maximum absolute atomic E-state index is 11.9. The van der Waals surface area contributed by atoms with Crippen molar-refractivity contribution in [3.8, 4) is 0 Å². The van der Waals surface area contributed by atoms with Crippen molar-refractivity contribution in [2.45, 2.75) is 58.5 Å². The van der Waals surface area contributed by atoms with E-state index in [1.54, 1.807) is 0 Å². The van der Waals surface area contributed by atoms with Gasteiger partial charge in [-0.25, -0.2) is 0 Å². The highest BCUT2D eigenvalue weighted by Crippen LogP contribution is 2.40. The van der Waals surface area contributed by atoms with Crippen LogP contribution in [0.25, 0.3) is 0 Å². The Morgan fingerprint density at radius 3 is 2.75 bits per heavy atom. The normalized spacial score (nSPS) is 34.5. The second kappa shape index (κ2) is 6.90. The number of nitrogens with zero attached hydrogens (tertiary/aromatic N) is 1. The molecule has 0 spiro atoms. The minimum absolute atomic E-state index is 0.307. The Kier molecular flexibility index (Phi) is 5.44. The minimum Gasteiger partial charge on any atom is -0.481 e. The number of rotatable bonds is 6. The Morgan fingerprint density at radius 1 is 1.40 bits per heavy atom. The van der Waals surface area contributed by atoms with E-state index in [1.807, 2.05) is 0 Å². The molecule has 3 unspecified atom stereocenters. The number of carbonyl (C=O) groups is 1. The summed E-state index contributed by atoms with van der Waals surface area (Å²) in [4.78, 5) is 14.1. The highest BCUT2D eigenvalue weighted by Gasteiger charge is 2.43. The van der Waals surface area contributed by atoms with Gasteiger partial charge < -0.3 is 9.84 Å². The van der Waals surface area contributed by atoms with Crippen molar-refractivity contribution in [2.24, 2.45) is 11.3 Å². The SMILES string of the molecule is CCN(CC1CCCO1)CC1(C(=O)O)CCCC(C)C1. The highest BCUT2D eigenvalue weighted by molar-refractivity contribution is 5.75. The summed E-state index contributed by atoms with van der Waals surface area (Å²) in [5, 5.41) is 9.75. The second-order valence-electron chi connectivity index (χ2n) is 6.75. The van der Waals surface area contributed by atoms with E-state index in [0.29, 0.717) is 18.6 Å². The maximum atomic E-state index is 11.9. The lowest BCUT2D eigenvalue weighted by atomic mass is 9.69. The molecule has 2 fully saturated rings. The molecule has 0 bridgehead atoms.